The Morgan fingerprint density at radius 2 is 2.24 bits per heavy atom. The van der Waals surface area contributed by atoms with Crippen molar-refractivity contribution in [1.29, 1.82) is 0 Å². The van der Waals surface area contributed by atoms with Gasteiger partial charge in [0.1, 0.15) is 11.3 Å². The van der Waals surface area contributed by atoms with Gasteiger partial charge in [-0.1, -0.05) is 6.92 Å². The van der Waals surface area contributed by atoms with Crippen LogP contribution in [0.2, 0.25) is 0 Å². The van der Waals surface area contributed by atoms with Gasteiger partial charge in [-0.2, -0.15) is 4.98 Å². The molecule has 0 radical (unpaired) electrons. The molecule has 0 fully saturated rings. The van der Waals surface area contributed by atoms with Crippen LogP contribution >= 0.6 is 8.61 Å². The van der Waals surface area contributed by atoms with Gasteiger partial charge in [0.05, 0.1) is 7.11 Å². The first-order chi connectivity index (χ1) is 8.28. The zero-order chi connectivity index (χ0) is 12.3. The second-order valence-electron chi connectivity index (χ2n) is 3.39. The molecular formula is C9H12N5O2P. The molecule has 0 aromatic carbocycles. The number of aromatic amines is 1. The highest BCUT2D eigenvalue weighted by atomic mass is 31.1. The maximum absolute atomic E-state index is 10.6. The molecule has 0 aliphatic heterocycles. The molecule has 2 aromatic heterocycles. The van der Waals surface area contributed by atoms with Gasteiger partial charge < -0.3 is 9.72 Å². The number of aryl methyl sites for hydroxylation is 1. The molecular weight excluding hydrogens is 241 g/mol. The van der Waals surface area contributed by atoms with Crippen molar-refractivity contribution in [3.05, 3.63) is 5.82 Å². The van der Waals surface area contributed by atoms with Gasteiger partial charge in [0, 0.05) is 6.42 Å². The fraction of sp³-hybridized carbons (Fsp3) is 0.444. The quantitative estimate of drug-likeness (QED) is 0.791. The molecule has 2 N–H and O–H groups in total. The topological polar surface area (TPSA) is 92.8 Å². The Kier molecular flexibility index (Phi) is 3.49. The van der Waals surface area contributed by atoms with Crippen molar-refractivity contribution in [2.24, 2.45) is 0 Å². The van der Waals surface area contributed by atoms with Gasteiger partial charge in [0.25, 0.3) is 14.6 Å². The van der Waals surface area contributed by atoms with Crippen molar-refractivity contribution >= 4 is 25.6 Å². The number of rotatable bonds is 5. The van der Waals surface area contributed by atoms with E-state index in [9.17, 15) is 4.57 Å². The molecule has 2 heterocycles. The number of imidazole rings is 1. The van der Waals surface area contributed by atoms with Crippen LogP contribution in [-0.2, 0) is 11.0 Å². The summed E-state index contributed by atoms with van der Waals surface area (Å²) in [5.41, 5.74) is 1.09. The van der Waals surface area contributed by atoms with E-state index >= 15 is 0 Å². The molecule has 8 heteroatoms. The van der Waals surface area contributed by atoms with Gasteiger partial charge in [-0.05, 0) is 6.42 Å². The Morgan fingerprint density at radius 3 is 2.88 bits per heavy atom. The van der Waals surface area contributed by atoms with Crippen molar-refractivity contribution in [1.82, 2.24) is 19.9 Å². The smallest absolute Gasteiger partial charge is 0.295 e. The summed E-state index contributed by atoms with van der Waals surface area (Å²) in [5, 5.41) is 2.63. The summed E-state index contributed by atoms with van der Waals surface area (Å²) >= 11 is 0. The summed E-state index contributed by atoms with van der Waals surface area (Å²) in [7, 11) is 1.29. The largest absolute Gasteiger partial charge is 0.468 e. The summed E-state index contributed by atoms with van der Waals surface area (Å²) in [4.78, 5) is 15.6. The number of hydrogen-bond acceptors (Lipinski definition) is 5. The Hall–Kier alpha value is -1.75. The Bertz CT molecular complexity index is 541. The van der Waals surface area contributed by atoms with Crippen molar-refractivity contribution < 1.29 is 9.30 Å². The Labute approximate surface area is 99.3 Å². The number of ether oxygens (including phenoxy) is 1. The lowest BCUT2D eigenvalue weighted by molar-refractivity contribution is 0.386. The van der Waals surface area contributed by atoms with Crippen LogP contribution in [0, 0.1) is 0 Å². The maximum atomic E-state index is 10.6. The zero-order valence-electron chi connectivity index (χ0n) is 9.52. The number of H-pyrrole nitrogens is 1. The van der Waals surface area contributed by atoms with E-state index in [1.807, 2.05) is 6.92 Å². The minimum Gasteiger partial charge on any atom is -0.468 e. The summed E-state index contributed by atoms with van der Waals surface area (Å²) in [6, 6.07) is 0.355. The minimum atomic E-state index is -0.219. The fourth-order valence-electron chi connectivity index (χ4n) is 1.48. The van der Waals surface area contributed by atoms with Crippen LogP contribution in [0.4, 0.5) is 5.82 Å². The standard InChI is InChI=1S/C9H12N5O2P/c1-3-4-5-10-7-6(8(11-5)14-17-15)12-9(13-7)16-2/h3-4H2,1-2H3,(H2,10,11,12,13,14,15). The first-order valence-electron chi connectivity index (χ1n) is 5.17. The van der Waals surface area contributed by atoms with E-state index in [-0.39, 0.29) is 8.61 Å². The van der Waals surface area contributed by atoms with Gasteiger partial charge in [0.2, 0.25) is 0 Å². The Balaban J connectivity index is 2.56. The van der Waals surface area contributed by atoms with E-state index in [0.717, 1.165) is 12.8 Å². The summed E-state index contributed by atoms with van der Waals surface area (Å²) < 4.78 is 15.6. The third kappa shape index (κ3) is 2.34. The lowest BCUT2D eigenvalue weighted by Gasteiger charge is -2.01. The highest BCUT2D eigenvalue weighted by Crippen LogP contribution is 2.22. The summed E-state index contributed by atoms with van der Waals surface area (Å²) in [6.07, 6.45) is 1.68. The SMILES string of the molecule is CCCc1nc(NP=O)c2[nH]c(OC)nc2n1. The first kappa shape index (κ1) is 11.7. The molecule has 17 heavy (non-hydrogen) atoms. The minimum absolute atomic E-state index is 0.219. The molecule has 90 valence electrons. The molecule has 2 aromatic rings. The first-order valence-corrected chi connectivity index (χ1v) is 5.98. The average molecular weight is 253 g/mol. The van der Waals surface area contributed by atoms with Crippen molar-refractivity contribution in [3.63, 3.8) is 0 Å². The van der Waals surface area contributed by atoms with Crippen molar-refractivity contribution in [2.45, 2.75) is 19.8 Å². The molecule has 0 saturated carbocycles. The molecule has 0 saturated heterocycles. The highest BCUT2D eigenvalue weighted by molar-refractivity contribution is 7.25. The molecule has 0 spiro atoms. The molecule has 0 aliphatic carbocycles. The van der Waals surface area contributed by atoms with Crippen LogP contribution in [-0.4, -0.2) is 27.0 Å². The molecule has 0 bridgehead atoms. The molecule has 2 rings (SSSR count). The Morgan fingerprint density at radius 1 is 1.41 bits per heavy atom. The van der Waals surface area contributed by atoms with Crippen molar-refractivity contribution in [2.75, 3.05) is 12.2 Å². The van der Waals surface area contributed by atoms with E-state index in [4.69, 9.17) is 4.74 Å². The van der Waals surface area contributed by atoms with Crippen LogP contribution in [0.5, 0.6) is 6.01 Å². The molecule has 0 amide bonds. The second-order valence-corrected chi connectivity index (χ2v) is 3.79. The number of nitrogens with one attached hydrogen (secondary N) is 2. The number of methoxy groups -OCH3 is 1. The monoisotopic (exact) mass is 253 g/mol. The number of aromatic nitrogens is 4. The lowest BCUT2D eigenvalue weighted by atomic mass is 10.3. The summed E-state index contributed by atoms with van der Waals surface area (Å²) in [6.45, 7) is 2.04. The number of nitrogens with zero attached hydrogens (tertiary/aromatic N) is 3. The second kappa shape index (κ2) is 5.05. The number of hydrogen-bond donors (Lipinski definition) is 2. The van der Waals surface area contributed by atoms with E-state index in [1.165, 1.54) is 7.11 Å². The molecule has 7 nitrogen and oxygen atoms in total. The van der Waals surface area contributed by atoms with Gasteiger partial charge in [-0.15, -0.1) is 0 Å². The van der Waals surface area contributed by atoms with Crippen molar-refractivity contribution in [3.8, 4) is 6.01 Å². The van der Waals surface area contributed by atoms with Crippen LogP contribution in [0.1, 0.15) is 19.2 Å². The molecule has 0 aliphatic rings. The van der Waals surface area contributed by atoms with Crippen LogP contribution in [0.15, 0.2) is 0 Å². The van der Waals surface area contributed by atoms with Crippen LogP contribution < -0.4 is 9.82 Å². The van der Waals surface area contributed by atoms with E-state index in [0.29, 0.717) is 28.8 Å². The normalized spacial score (nSPS) is 10.9. The predicted octanol–water partition coefficient (Wildman–Crippen LogP) is 1.93. The fourth-order valence-corrected chi connectivity index (χ4v) is 1.73. The van der Waals surface area contributed by atoms with Gasteiger partial charge >= 0.3 is 0 Å². The molecule has 0 atom stereocenters. The van der Waals surface area contributed by atoms with Crippen LogP contribution in [0.25, 0.3) is 11.2 Å². The van der Waals surface area contributed by atoms with Gasteiger partial charge in [-0.3, -0.25) is 5.09 Å². The zero-order valence-corrected chi connectivity index (χ0v) is 10.4. The number of anilines is 1. The highest BCUT2D eigenvalue weighted by Gasteiger charge is 2.12. The van der Waals surface area contributed by atoms with E-state index in [2.05, 4.69) is 25.0 Å². The lowest BCUT2D eigenvalue weighted by Crippen LogP contribution is -1.98. The maximum Gasteiger partial charge on any atom is 0.295 e. The molecule has 0 unspecified atom stereocenters. The third-order valence-corrected chi connectivity index (χ3v) is 2.50. The van der Waals surface area contributed by atoms with Gasteiger partial charge in [-0.25, -0.2) is 14.5 Å². The number of fused-ring (bicyclic) bond motifs is 1. The van der Waals surface area contributed by atoms with E-state index < -0.39 is 0 Å². The van der Waals surface area contributed by atoms with E-state index in [1.54, 1.807) is 0 Å². The van der Waals surface area contributed by atoms with Crippen LogP contribution in [0.3, 0.4) is 0 Å². The third-order valence-electron chi connectivity index (χ3n) is 2.19. The summed E-state index contributed by atoms with van der Waals surface area (Å²) in [5.74, 6) is 1.13. The predicted molar refractivity (Wildman–Crippen MR) is 63.5 cm³/mol. The average Bonchev–Trinajstić information content (AvgIpc) is 2.73. The van der Waals surface area contributed by atoms with Gasteiger partial charge in [0.15, 0.2) is 11.5 Å².